The molecule has 0 aromatic heterocycles. The smallest absolute Gasteiger partial charge is 0.317 e. The molecule has 0 amide bonds. The summed E-state index contributed by atoms with van der Waals surface area (Å²) < 4.78 is 10.6. The summed E-state index contributed by atoms with van der Waals surface area (Å²) in [6.07, 6.45) is 0.854. The zero-order chi connectivity index (χ0) is 17.5. The molecule has 0 heterocycles. The summed E-state index contributed by atoms with van der Waals surface area (Å²) in [7, 11) is 0. The second kappa shape index (κ2) is 14.1. The molecule has 0 spiro atoms. The van der Waals surface area contributed by atoms with Gasteiger partial charge in [0.15, 0.2) is 0 Å². The molecule has 0 aliphatic rings. The van der Waals surface area contributed by atoms with Gasteiger partial charge in [0.25, 0.3) is 0 Å². The first-order chi connectivity index (χ1) is 11.0. The normalized spacial score (nSPS) is 11.1. The first-order valence-corrected chi connectivity index (χ1v) is 7.47. The lowest BCUT2D eigenvalue weighted by molar-refractivity contribution is -0.142. The average Bonchev–Trinajstić information content (AvgIpc) is 2.47. The van der Waals surface area contributed by atoms with Gasteiger partial charge in [0.05, 0.1) is 46.1 Å². The van der Waals surface area contributed by atoms with Crippen molar-refractivity contribution < 1.29 is 34.1 Å². The summed E-state index contributed by atoms with van der Waals surface area (Å²) >= 11 is 0. The van der Waals surface area contributed by atoms with Crippen molar-refractivity contribution in [2.45, 2.75) is 6.92 Å². The zero-order valence-electron chi connectivity index (χ0n) is 13.5. The summed E-state index contributed by atoms with van der Waals surface area (Å²) in [5, 5.41) is 17.4. The van der Waals surface area contributed by atoms with Crippen LogP contribution in [0.4, 0.5) is 0 Å². The van der Waals surface area contributed by atoms with Crippen LogP contribution in [0, 0.1) is 0 Å². The van der Waals surface area contributed by atoms with Crippen LogP contribution >= 0.6 is 0 Å². The zero-order valence-corrected chi connectivity index (χ0v) is 13.5. The number of likely N-dealkylation sites (N-methyl/N-ethyl adjacent to an activating group) is 1. The van der Waals surface area contributed by atoms with Gasteiger partial charge in [0, 0.05) is 13.1 Å². The van der Waals surface area contributed by atoms with Gasteiger partial charge in [-0.2, -0.15) is 0 Å². The third-order valence-corrected chi connectivity index (χ3v) is 2.97. The fourth-order valence-electron chi connectivity index (χ4n) is 1.79. The van der Waals surface area contributed by atoms with Crippen LogP contribution in [0.2, 0.25) is 0 Å². The third kappa shape index (κ3) is 13.8. The van der Waals surface area contributed by atoms with Gasteiger partial charge in [-0.1, -0.05) is 6.92 Å². The van der Waals surface area contributed by atoms with Crippen LogP contribution in [-0.4, -0.2) is 104 Å². The molecule has 0 aromatic rings. The Labute approximate surface area is 135 Å². The lowest BCUT2D eigenvalue weighted by Crippen LogP contribution is -2.37. The number of carboxylic acids is 2. The summed E-state index contributed by atoms with van der Waals surface area (Å²) in [6, 6.07) is 0. The quantitative estimate of drug-likeness (QED) is 0.271. The minimum atomic E-state index is -1.08. The van der Waals surface area contributed by atoms with Gasteiger partial charge in [-0.3, -0.25) is 19.4 Å². The van der Waals surface area contributed by atoms with Gasteiger partial charge in [-0.25, -0.2) is 0 Å². The number of aliphatic carboxylic acids is 2. The van der Waals surface area contributed by atoms with E-state index in [0.29, 0.717) is 32.9 Å². The standard InChI is InChI=1S/C14H26N2O7/c1-2-15(3-6-17)4-7-22-9-10-23-8-5-16(11-13(18)19)12-14(20)21/h6H,2-5,7-12H2,1H3,(H,18,19)(H,20,21). The molecule has 0 fully saturated rings. The Balaban J connectivity index is 3.64. The second-order valence-corrected chi connectivity index (χ2v) is 4.78. The van der Waals surface area contributed by atoms with Crippen LogP contribution in [0.5, 0.6) is 0 Å². The Kier molecular flexibility index (Phi) is 13.1. The van der Waals surface area contributed by atoms with E-state index in [1.807, 2.05) is 11.8 Å². The topological polar surface area (TPSA) is 117 Å². The van der Waals surface area contributed by atoms with Crippen molar-refractivity contribution in [3.63, 3.8) is 0 Å². The molecule has 0 unspecified atom stereocenters. The molecule has 0 saturated carbocycles. The lowest BCUT2D eigenvalue weighted by atomic mass is 10.4. The number of rotatable bonds is 16. The fraction of sp³-hybridized carbons (Fsp3) is 0.786. The molecule has 23 heavy (non-hydrogen) atoms. The molecule has 0 saturated heterocycles. The van der Waals surface area contributed by atoms with Crippen LogP contribution in [0.15, 0.2) is 0 Å². The van der Waals surface area contributed by atoms with E-state index in [-0.39, 0.29) is 26.2 Å². The lowest BCUT2D eigenvalue weighted by Gasteiger charge is -2.18. The molecule has 0 aliphatic heterocycles. The maximum absolute atomic E-state index is 10.6. The van der Waals surface area contributed by atoms with Gasteiger partial charge in [-0.05, 0) is 6.54 Å². The van der Waals surface area contributed by atoms with E-state index in [1.165, 1.54) is 4.90 Å². The van der Waals surface area contributed by atoms with E-state index in [2.05, 4.69) is 0 Å². The number of carbonyl (C=O) groups excluding carboxylic acids is 1. The Bertz CT molecular complexity index is 336. The molecule has 0 rings (SSSR count). The molecular weight excluding hydrogens is 308 g/mol. The van der Waals surface area contributed by atoms with Gasteiger partial charge in [0.2, 0.25) is 0 Å². The minimum absolute atomic E-state index is 0.224. The van der Waals surface area contributed by atoms with E-state index in [4.69, 9.17) is 19.7 Å². The molecule has 0 bridgehead atoms. The molecule has 9 heteroatoms. The first-order valence-electron chi connectivity index (χ1n) is 7.47. The largest absolute Gasteiger partial charge is 0.480 e. The predicted molar refractivity (Wildman–Crippen MR) is 81.5 cm³/mol. The molecule has 0 atom stereocenters. The number of nitrogens with zero attached hydrogens (tertiary/aromatic N) is 2. The highest BCUT2D eigenvalue weighted by Gasteiger charge is 2.12. The SMILES string of the molecule is CCN(CC=O)CCOCCOCCN(CC(=O)O)CC(=O)O. The predicted octanol–water partition coefficient (Wildman–Crippen LogP) is -0.988. The van der Waals surface area contributed by atoms with Gasteiger partial charge < -0.3 is 24.5 Å². The number of aldehydes is 1. The van der Waals surface area contributed by atoms with Crippen LogP contribution < -0.4 is 0 Å². The van der Waals surface area contributed by atoms with Gasteiger partial charge >= 0.3 is 11.9 Å². The van der Waals surface area contributed by atoms with E-state index in [0.717, 1.165) is 12.8 Å². The summed E-state index contributed by atoms with van der Waals surface area (Å²) in [5.41, 5.74) is 0. The fourth-order valence-corrected chi connectivity index (χ4v) is 1.79. The number of carboxylic acid groups (broad SMARTS) is 2. The highest BCUT2D eigenvalue weighted by atomic mass is 16.5. The van der Waals surface area contributed by atoms with E-state index in [1.54, 1.807) is 0 Å². The molecule has 134 valence electrons. The highest BCUT2D eigenvalue weighted by Crippen LogP contribution is 1.90. The van der Waals surface area contributed by atoms with Crippen molar-refractivity contribution in [1.82, 2.24) is 9.80 Å². The van der Waals surface area contributed by atoms with Crippen molar-refractivity contribution in [3.05, 3.63) is 0 Å². The maximum atomic E-state index is 10.6. The van der Waals surface area contributed by atoms with Crippen LogP contribution in [0.25, 0.3) is 0 Å². The third-order valence-electron chi connectivity index (χ3n) is 2.97. The molecule has 0 aromatic carbocycles. The van der Waals surface area contributed by atoms with E-state index < -0.39 is 11.9 Å². The molecule has 0 radical (unpaired) electrons. The summed E-state index contributed by atoms with van der Waals surface area (Å²) in [5.74, 6) is -2.16. The van der Waals surface area contributed by atoms with Crippen LogP contribution in [-0.2, 0) is 23.9 Å². The minimum Gasteiger partial charge on any atom is -0.480 e. The van der Waals surface area contributed by atoms with Crippen molar-refractivity contribution >= 4 is 18.2 Å². The van der Waals surface area contributed by atoms with Crippen LogP contribution in [0.1, 0.15) is 6.92 Å². The van der Waals surface area contributed by atoms with Crippen molar-refractivity contribution in [2.75, 3.05) is 65.7 Å². The Morgan fingerprint density at radius 1 is 0.913 bits per heavy atom. The molecule has 2 N–H and O–H groups in total. The van der Waals surface area contributed by atoms with Crippen molar-refractivity contribution in [2.24, 2.45) is 0 Å². The monoisotopic (exact) mass is 334 g/mol. The molecular formula is C14H26N2O7. The summed E-state index contributed by atoms with van der Waals surface area (Å²) in [6.45, 7) is 4.80. The number of hydrogen-bond donors (Lipinski definition) is 2. The average molecular weight is 334 g/mol. The first kappa shape index (κ1) is 21.4. The second-order valence-electron chi connectivity index (χ2n) is 4.78. The number of hydrogen-bond acceptors (Lipinski definition) is 7. The Morgan fingerprint density at radius 2 is 1.39 bits per heavy atom. The van der Waals surface area contributed by atoms with Gasteiger partial charge in [-0.15, -0.1) is 0 Å². The maximum Gasteiger partial charge on any atom is 0.317 e. The molecule has 0 aliphatic carbocycles. The van der Waals surface area contributed by atoms with Gasteiger partial charge in [0.1, 0.15) is 6.29 Å². The highest BCUT2D eigenvalue weighted by molar-refractivity contribution is 5.72. The van der Waals surface area contributed by atoms with Crippen molar-refractivity contribution in [1.29, 1.82) is 0 Å². The number of ether oxygens (including phenoxy) is 2. The molecule has 9 nitrogen and oxygen atoms in total. The number of carbonyl (C=O) groups is 3. The van der Waals surface area contributed by atoms with E-state index in [9.17, 15) is 14.4 Å². The summed E-state index contributed by atoms with van der Waals surface area (Å²) in [4.78, 5) is 34.8. The van der Waals surface area contributed by atoms with E-state index >= 15 is 0 Å². The van der Waals surface area contributed by atoms with Crippen molar-refractivity contribution in [3.8, 4) is 0 Å². The Morgan fingerprint density at radius 3 is 1.78 bits per heavy atom. The Hall–Kier alpha value is -1.55. The van der Waals surface area contributed by atoms with Crippen LogP contribution in [0.3, 0.4) is 0 Å².